The lowest BCUT2D eigenvalue weighted by Gasteiger charge is -2.22. The Morgan fingerprint density at radius 2 is 1.55 bits per heavy atom. The second-order valence-electron chi connectivity index (χ2n) is 6.36. The summed E-state index contributed by atoms with van der Waals surface area (Å²) in [6.07, 6.45) is 10.2. The van der Waals surface area contributed by atoms with Crippen LogP contribution in [0, 0.1) is 16.7 Å². The van der Waals surface area contributed by atoms with Crippen LogP contribution < -0.4 is 5.32 Å². The fraction of sp³-hybridized carbons (Fsp3) is 0.941. The zero-order valence-corrected chi connectivity index (χ0v) is 13.7. The lowest BCUT2D eigenvalue weighted by Crippen LogP contribution is -2.27. The minimum Gasteiger partial charge on any atom is -0.391 e. The molecule has 0 aromatic rings. The molecule has 0 aliphatic rings. The van der Waals surface area contributed by atoms with Gasteiger partial charge in [-0.05, 0) is 46.2 Å². The first-order chi connectivity index (χ1) is 9.54. The second-order valence-corrected chi connectivity index (χ2v) is 6.36. The zero-order valence-electron chi connectivity index (χ0n) is 13.7. The van der Waals surface area contributed by atoms with Crippen LogP contribution in [-0.4, -0.2) is 24.3 Å². The molecule has 1 unspecified atom stereocenters. The summed E-state index contributed by atoms with van der Waals surface area (Å²) >= 11 is 0. The van der Waals surface area contributed by atoms with Crippen molar-refractivity contribution in [2.45, 2.75) is 84.7 Å². The Hall–Kier alpha value is -0.590. The number of hydrogen-bond acceptors (Lipinski definition) is 3. The van der Waals surface area contributed by atoms with Crippen molar-refractivity contribution >= 4 is 0 Å². The fourth-order valence-electron chi connectivity index (χ4n) is 2.21. The first-order valence-electron chi connectivity index (χ1n) is 8.34. The third-order valence-electron chi connectivity index (χ3n) is 3.88. The first kappa shape index (κ1) is 19.4. The van der Waals surface area contributed by atoms with Gasteiger partial charge in [-0.15, -0.1) is 0 Å². The van der Waals surface area contributed by atoms with Crippen molar-refractivity contribution in [2.75, 3.05) is 13.1 Å². The molecule has 0 saturated heterocycles. The van der Waals surface area contributed by atoms with Crippen molar-refractivity contribution in [3.05, 3.63) is 0 Å². The molecule has 0 aromatic carbocycles. The summed E-state index contributed by atoms with van der Waals surface area (Å²) in [4.78, 5) is 0. The van der Waals surface area contributed by atoms with Crippen molar-refractivity contribution in [2.24, 2.45) is 5.41 Å². The molecule has 0 spiro atoms. The van der Waals surface area contributed by atoms with E-state index in [0.29, 0.717) is 0 Å². The molecular formula is C17H34N2O. The molecule has 0 aliphatic carbocycles. The summed E-state index contributed by atoms with van der Waals surface area (Å²) in [5.74, 6) is 0. The highest BCUT2D eigenvalue weighted by atomic mass is 16.3. The molecular weight excluding hydrogens is 248 g/mol. The molecule has 118 valence electrons. The summed E-state index contributed by atoms with van der Waals surface area (Å²) in [7, 11) is 0. The van der Waals surface area contributed by atoms with Gasteiger partial charge in [0.1, 0.15) is 0 Å². The number of unbranched alkanes of at least 4 members (excludes halogenated alkanes) is 6. The van der Waals surface area contributed by atoms with Crippen LogP contribution in [0.25, 0.3) is 0 Å². The quantitative estimate of drug-likeness (QED) is 0.502. The Bertz CT molecular complexity index is 258. The topological polar surface area (TPSA) is 56.0 Å². The van der Waals surface area contributed by atoms with Crippen LogP contribution >= 0.6 is 0 Å². The third-order valence-corrected chi connectivity index (χ3v) is 3.88. The molecule has 0 amide bonds. The van der Waals surface area contributed by atoms with Gasteiger partial charge in [-0.2, -0.15) is 5.26 Å². The fourth-order valence-corrected chi connectivity index (χ4v) is 2.21. The second kappa shape index (κ2) is 12.2. The van der Waals surface area contributed by atoms with Gasteiger partial charge in [0.25, 0.3) is 0 Å². The van der Waals surface area contributed by atoms with Gasteiger partial charge >= 0.3 is 0 Å². The van der Waals surface area contributed by atoms with Crippen LogP contribution in [0.3, 0.4) is 0 Å². The molecule has 0 fully saturated rings. The zero-order chi connectivity index (χ0) is 15.3. The van der Waals surface area contributed by atoms with Crippen molar-refractivity contribution < 1.29 is 5.11 Å². The van der Waals surface area contributed by atoms with Gasteiger partial charge in [0.15, 0.2) is 0 Å². The Morgan fingerprint density at radius 3 is 2.10 bits per heavy atom. The highest BCUT2D eigenvalue weighted by Crippen LogP contribution is 2.23. The van der Waals surface area contributed by atoms with Gasteiger partial charge < -0.3 is 10.4 Å². The normalized spacial score (nSPS) is 13.2. The number of nitriles is 1. The molecule has 20 heavy (non-hydrogen) atoms. The van der Waals surface area contributed by atoms with Crippen molar-refractivity contribution in [3.63, 3.8) is 0 Å². The molecule has 2 N–H and O–H groups in total. The number of nitrogens with zero attached hydrogens (tertiary/aromatic N) is 1. The number of nitrogens with one attached hydrogen (secondary N) is 1. The highest BCUT2D eigenvalue weighted by Gasteiger charge is 2.26. The van der Waals surface area contributed by atoms with E-state index in [1.54, 1.807) is 0 Å². The lowest BCUT2D eigenvalue weighted by molar-refractivity contribution is 0.0758. The van der Waals surface area contributed by atoms with Gasteiger partial charge in [0, 0.05) is 0 Å². The van der Waals surface area contributed by atoms with E-state index in [4.69, 9.17) is 5.26 Å². The summed E-state index contributed by atoms with van der Waals surface area (Å²) in [6, 6.07) is 2.17. The van der Waals surface area contributed by atoms with E-state index in [1.165, 1.54) is 44.9 Å². The smallest absolute Gasteiger partial charge is 0.0776 e. The molecule has 0 saturated carbocycles. The maximum atomic E-state index is 9.89. The summed E-state index contributed by atoms with van der Waals surface area (Å²) in [5.41, 5.74) is -0.606. The maximum absolute atomic E-state index is 9.89. The van der Waals surface area contributed by atoms with Gasteiger partial charge in [-0.1, -0.05) is 45.4 Å². The molecule has 0 radical (unpaired) electrons. The Labute approximate surface area is 125 Å². The van der Waals surface area contributed by atoms with Crippen LogP contribution in [0.15, 0.2) is 0 Å². The Morgan fingerprint density at radius 1 is 1.00 bits per heavy atom. The van der Waals surface area contributed by atoms with Crippen LogP contribution in [0.2, 0.25) is 0 Å². The van der Waals surface area contributed by atoms with Gasteiger partial charge in [-0.3, -0.25) is 0 Å². The van der Waals surface area contributed by atoms with Crippen molar-refractivity contribution in [3.8, 4) is 6.07 Å². The van der Waals surface area contributed by atoms with Gasteiger partial charge in [0.05, 0.1) is 17.6 Å². The minimum atomic E-state index is -0.606. The van der Waals surface area contributed by atoms with Crippen LogP contribution in [0.4, 0.5) is 0 Å². The molecule has 0 aromatic heterocycles. The SMILES string of the molecule is CCCNCCCCCCCCCC(O)C(C)(C)C#N. The van der Waals surface area contributed by atoms with Crippen LogP contribution in [-0.2, 0) is 0 Å². The van der Waals surface area contributed by atoms with E-state index >= 15 is 0 Å². The lowest BCUT2D eigenvalue weighted by atomic mass is 9.85. The first-order valence-corrected chi connectivity index (χ1v) is 8.34. The predicted molar refractivity (Wildman–Crippen MR) is 85.5 cm³/mol. The van der Waals surface area contributed by atoms with Crippen molar-refractivity contribution in [1.29, 1.82) is 5.26 Å². The molecule has 0 aliphatic heterocycles. The largest absolute Gasteiger partial charge is 0.391 e. The van der Waals surface area contributed by atoms with E-state index in [1.807, 2.05) is 13.8 Å². The van der Waals surface area contributed by atoms with Crippen molar-refractivity contribution in [1.82, 2.24) is 5.32 Å². The number of aliphatic hydroxyl groups is 1. The Kier molecular flexibility index (Phi) is 11.8. The highest BCUT2D eigenvalue weighted by molar-refractivity contribution is 4.96. The van der Waals surface area contributed by atoms with E-state index in [2.05, 4.69) is 18.3 Å². The van der Waals surface area contributed by atoms with Crippen LogP contribution in [0.5, 0.6) is 0 Å². The third kappa shape index (κ3) is 10.2. The molecule has 3 heteroatoms. The van der Waals surface area contributed by atoms with Gasteiger partial charge in [0.2, 0.25) is 0 Å². The number of aliphatic hydroxyl groups excluding tert-OH is 1. The van der Waals surface area contributed by atoms with E-state index < -0.39 is 11.5 Å². The van der Waals surface area contributed by atoms with E-state index in [0.717, 1.165) is 25.9 Å². The number of hydrogen-bond donors (Lipinski definition) is 2. The monoisotopic (exact) mass is 282 g/mol. The van der Waals surface area contributed by atoms with E-state index in [9.17, 15) is 5.11 Å². The number of rotatable bonds is 13. The molecule has 3 nitrogen and oxygen atoms in total. The maximum Gasteiger partial charge on any atom is 0.0776 e. The Balaban J connectivity index is 3.27. The average molecular weight is 282 g/mol. The predicted octanol–water partition coefficient (Wildman–Crippen LogP) is 4.02. The molecule has 1 atom stereocenters. The summed E-state index contributed by atoms with van der Waals surface area (Å²) in [6.45, 7) is 8.11. The van der Waals surface area contributed by atoms with Crippen LogP contribution in [0.1, 0.15) is 78.6 Å². The summed E-state index contributed by atoms with van der Waals surface area (Å²) < 4.78 is 0. The molecule has 0 bridgehead atoms. The summed E-state index contributed by atoms with van der Waals surface area (Å²) in [5, 5.41) is 22.2. The average Bonchev–Trinajstić information content (AvgIpc) is 2.44. The standard InChI is InChI=1S/C17H34N2O/c1-4-13-19-14-11-9-7-5-6-8-10-12-16(20)17(2,3)15-18/h16,19-20H,4-14H2,1-3H3. The van der Waals surface area contributed by atoms with Gasteiger partial charge in [-0.25, -0.2) is 0 Å². The molecule has 0 rings (SSSR count). The van der Waals surface area contributed by atoms with E-state index in [-0.39, 0.29) is 0 Å². The molecule has 0 heterocycles. The minimum absolute atomic E-state index is 0.489.